The minimum Gasteiger partial charge on any atom is -0.496 e. The van der Waals surface area contributed by atoms with Crippen molar-refractivity contribution in [2.45, 2.75) is 12.8 Å². The lowest BCUT2D eigenvalue weighted by atomic mass is 10.1. The predicted molar refractivity (Wildman–Crippen MR) is 45.0 cm³/mol. The van der Waals surface area contributed by atoms with Crippen LogP contribution in [0.4, 0.5) is 13.2 Å². The Balaban J connectivity index is 3.34. The highest BCUT2D eigenvalue weighted by molar-refractivity contribution is 5.38. The van der Waals surface area contributed by atoms with Gasteiger partial charge in [-0.15, -0.1) is 0 Å². The summed E-state index contributed by atoms with van der Waals surface area (Å²) in [6.45, 7) is 0. The van der Waals surface area contributed by atoms with Crippen molar-refractivity contribution >= 4 is 0 Å². The fourth-order valence-electron chi connectivity index (χ4n) is 1.16. The number of rotatable bonds is 3. The van der Waals surface area contributed by atoms with Crippen molar-refractivity contribution in [1.82, 2.24) is 4.98 Å². The molecule has 6 heteroatoms. The summed E-state index contributed by atoms with van der Waals surface area (Å²) < 4.78 is 42.6. The maximum Gasteiger partial charge on any atom is 0.269 e. The zero-order valence-electron chi connectivity index (χ0n) is 7.80. The Morgan fingerprint density at radius 3 is 2.73 bits per heavy atom. The first-order chi connectivity index (χ1) is 7.10. The van der Waals surface area contributed by atoms with E-state index < -0.39 is 17.9 Å². The Morgan fingerprint density at radius 2 is 2.27 bits per heavy atom. The van der Waals surface area contributed by atoms with E-state index >= 15 is 0 Å². The lowest BCUT2D eigenvalue weighted by Gasteiger charge is -2.10. The van der Waals surface area contributed by atoms with Gasteiger partial charge in [-0.2, -0.15) is 9.65 Å². The number of nitrogens with zero attached hydrogens (tertiary/aromatic N) is 2. The van der Waals surface area contributed by atoms with E-state index in [1.165, 1.54) is 0 Å². The highest BCUT2D eigenvalue weighted by Crippen LogP contribution is 2.31. The van der Waals surface area contributed by atoms with Gasteiger partial charge in [0.2, 0.25) is 5.95 Å². The third-order valence-electron chi connectivity index (χ3n) is 1.75. The Hall–Kier alpha value is -1.77. The molecule has 0 atom stereocenters. The molecule has 0 fully saturated rings. The number of aromatic nitrogens is 1. The van der Waals surface area contributed by atoms with Crippen LogP contribution in [0, 0.1) is 17.3 Å². The molecule has 1 aromatic rings. The van der Waals surface area contributed by atoms with Crippen LogP contribution in [-0.4, -0.2) is 12.1 Å². The fourth-order valence-corrected chi connectivity index (χ4v) is 1.16. The van der Waals surface area contributed by atoms with Gasteiger partial charge in [0.05, 0.1) is 30.9 Å². The van der Waals surface area contributed by atoms with Crippen LogP contribution in [0.1, 0.15) is 17.7 Å². The number of methoxy groups -OCH3 is 1. The number of pyridine rings is 1. The second-order valence-corrected chi connectivity index (χ2v) is 2.64. The first kappa shape index (κ1) is 11.3. The molecule has 0 unspecified atom stereocenters. The molecule has 0 aliphatic heterocycles. The van der Waals surface area contributed by atoms with Crippen molar-refractivity contribution in [3.63, 3.8) is 0 Å². The smallest absolute Gasteiger partial charge is 0.269 e. The number of hydrogen-bond acceptors (Lipinski definition) is 3. The third kappa shape index (κ3) is 2.37. The minimum absolute atomic E-state index is 0.288. The summed E-state index contributed by atoms with van der Waals surface area (Å²) in [7, 11) is 1.15. The SMILES string of the molecule is COc1cc(F)nc(CC#N)c1C(F)F. The van der Waals surface area contributed by atoms with E-state index in [0.717, 1.165) is 13.2 Å². The summed E-state index contributed by atoms with van der Waals surface area (Å²) in [5.74, 6) is -1.23. The Bertz CT molecular complexity index is 401. The molecule has 0 aliphatic carbocycles. The molecular formula is C9H7F3N2O. The lowest BCUT2D eigenvalue weighted by Crippen LogP contribution is -2.03. The van der Waals surface area contributed by atoms with E-state index in [2.05, 4.69) is 9.72 Å². The zero-order valence-corrected chi connectivity index (χ0v) is 7.80. The number of ether oxygens (including phenoxy) is 1. The maximum absolute atomic E-state index is 12.8. The van der Waals surface area contributed by atoms with Crippen LogP contribution in [0.3, 0.4) is 0 Å². The summed E-state index contributed by atoms with van der Waals surface area (Å²) in [6.07, 6.45) is -3.23. The van der Waals surface area contributed by atoms with Crippen LogP contribution in [0.25, 0.3) is 0 Å². The Labute approximate surface area is 84.1 Å². The van der Waals surface area contributed by atoms with E-state index in [-0.39, 0.29) is 17.9 Å². The van der Waals surface area contributed by atoms with Crippen LogP contribution >= 0.6 is 0 Å². The van der Waals surface area contributed by atoms with Gasteiger partial charge in [0.1, 0.15) is 5.75 Å². The van der Waals surface area contributed by atoms with Crippen molar-refractivity contribution in [2.24, 2.45) is 0 Å². The van der Waals surface area contributed by atoms with Gasteiger partial charge in [-0.3, -0.25) is 0 Å². The highest BCUT2D eigenvalue weighted by Gasteiger charge is 2.21. The van der Waals surface area contributed by atoms with Crippen LogP contribution in [0.15, 0.2) is 6.07 Å². The van der Waals surface area contributed by atoms with Crippen molar-refractivity contribution < 1.29 is 17.9 Å². The molecule has 0 bridgehead atoms. The van der Waals surface area contributed by atoms with Crippen LogP contribution in [0.2, 0.25) is 0 Å². The second-order valence-electron chi connectivity index (χ2n) is 2.64. The summed E-state index contributed by atoms with van der Waals surface area (Å²) in [4.78, 5) is 3.24. The Morgan fingerprint density at radius 1 is 1.60 bits per heavy atom. The van der Waals surface area contributed by atoms with E-state index in [0.29, 0.717) is 0 Å². The molecule has 0 N–H and O–H groups in total. The average Bonchev–Trinajstić information content (AvgIpc) is 2.16. The number of hydrogen-bond donors (Lipinski definition) is 0. The van der Waals surface area contributed by atoms with Gasteiger partial charge in [-0.05, 0) is 0 Å². The standard InChI is InChI=1S/C9H7F3N2O/c1-15-6-4-7(10)14-5(2-3-13)8(6)9(11)12/h4,9H,2H2,1H3. The monoisotopic (exact) mass is 216 g/mol. The molecule has 0 spiro atoms. The molecule has 0 radical (unpaired) electrons. The molecule has 1 aromatic heterocycles. The molecule has 0 saturated heterocycles. The van der Waals surface area contributed by atoms with Crippen LogP contribution in [-0.2, 0) is 6.42 Å². The maximum atomic E-state index is 12.8. The highest BCUT2D eigenvalue weighted by atomic mass is 19.3. The van der Waals surface area contributed by atoms with Crippen molar-refractivity contribution in [2.75, 3.05) is 7.11 Å². The molecule has 15 heavy (non-hydrogen) atoms. The van der Waals surface area contributed by atoms with Crippen molar-refractivity contribution in [3.8, 4) is 11.8 Å². The van der Waals surface area contributed by atoms with E-state index in [9.17, 15) is 13.2 Å². The first-order valence-electron chi connectivity index (χ1n) is 3.98. The predicted octanol–water partition coefficient (Wildman–Crippen LogP) is 2.23. The van der Waals surface area contributed by atoms with Crippen LogP contribution in [0.5, 0.6) is 5.75 Å². The van der Waals surface area contributed by atoms with Gasteiger partial charge in [0, 0.05) is 6.07 Å². The quantitative estimate of drug-likeness (QED) is 0.728. The lowest BCUT2D eigenvalue weighted by molar-refractivity contribution is 0.145. The summed E-state index contributed by atoms with van der Waals surface area (Å²) in [6, 6.07) is 2.41. The molecule has 1 heterocycles. The molecule has 0 aliphatic rings. The summed E-state index contributed by atoms with van der Waals surface area (Å²) in [5, 5.41) is 8.38. The van der Waals surface area contributed by atoms with Gasteiger partial charge in [-0.1, -0.05) is 0 Å². The van der Waals surface area contributed by atoms with Gasteiger partial charge in [-0.25, -0.2) is 13.8 Å². The molecule has 0 amide bonds. The average molecular weight is 216 g/mol. The van der Waals surface area contributed by atoms with Crippen LogP contribution < -0.4 is 4.74 Å². The second kappa shape index (κ2) is 4.64. The minimum atomic E-state index is -2.85. The van der Waals surface area contributed by atoms with Crippen molar-refractivity contribution in [3.05, 3.63) is 23.3 Å². The topological polar surface area (TPSA) is 45.9 Å². The number of alkyl halides is 2. The van der Waals surface area contributed by atoms with Crippen molar-refractivity contribution in [1.29, 1.82) is 5.26 Å². The van der Waals surface area contributed by atoms with E-state index in [1.54, 1.807) is 6.07 Å². The van der Waals surface area contributed by atoms with E-state index in [4.69, 9.17) is 5.26 Å². The van der Waals surface area contributed by atoms with E-state index in [1.807, 2.05) is 0 Å². The van der Waals surface area contributed by atoms with Gasteiger partial charge in [0.25, 0.3) is 6.43 Å². The fraction of sp³-hybridized carbons (Fsp3) is 0.333. The van der Waals surface area contributed by atoms with Gasteiger partial charge >= 0.3 is 0 Å². The van der Waals surface area contributed by atoms with Gasteiger partial charge in [0.15, 0.2) is 0 Å². The molecule has 0 saturated carbocycles. The van der Waals surface area contributed by atoms with Gasteiger partial charge < -0.3 is 4.74 Å². The third-order valence-corrected chi connectivity index (χ3v) is 1.75. The zero-order chi connectivity index (χ0) is 11.4. The summed E-state index contributed by atoms with van der Waals surface area (Å²) in [5.41, 5.74) is -0.815. The Kier molecular flexibility index (Phi) is 3.50. The summed E-state index contributed by atoms with van der Waals surface area (Å²) >= 11 is 0. The molecule has 1 rings (SSSR count). The largest absolute Gasteiger partial charge is 0.496 e. The first-order valence-corrected chi connectivity index (χ1v) is 3.98. The molecule has 3 nitrogen and oxygen atoms in total. The number of nitriles is 1. The molecular weight excluding hydrogens is 209 g/mol. The molecule has 0 aromatic carbocycles. The molecule has 80 valence electrons. The normalized spacial score (nSPS) is 10.1. The number of halogens is 3.